The monoisotopic (exact) mass is 223 g/mol. The summed E-state index contributed by atoms with van der Waals surface area (Å²) in [6.45, 7) is 0. The van der Waals surface area contributed by atoms with Crippen LogP contribution in [-0.4, -0.2) is 25.7 Å². The zero-order valence-corrected chi connectivity index (χ0v) is 7.93. The first-order valence-corrected chi connectivity index (χ1v) is 3.96. The molecular formula is C3H4Cl3NO2S. The van der Waals surface area contributed by atoms with Gasteiger partial charge in [-0.2, -0.15) is 0 Å². The van der Waals surface area contributed by atoms with Gasteiger partial charge in [0.25, 0.3) is 3.12 Å². The molecule has 3 nitrogen and oxygen atoms in total. The van der Waals surface area contributed by atoms with Crippen LogP contribution in [0.5, 0.6) is 0 Å². The molecule has 1 N–H and O–H groups in total. The lowest BCUT2D eigenvalue weighted by Crippen LogP contribution is -2.20. The van der Waals surface area contributed by atoms with Gasteiger partial charge in [0.05, 0.1) is 0 Å². The topological polar surface area (TPSA) is 40.5 Å². The summed E-state index contributed by atoms with van der Waals surface area (Å²) < 4.78 is -0.805. The van der Waals surface area contributed by atoms with Crippen molar-refractivity contribution in [2.45, 2.75) is 3.12 Å². The third-order valence-corrected chi connectivity index (χ3v) is 1.77. The SMILES string of the molecule is CN(SC(Cl)(Cl)Cl)C(=O)O. The molecule has 7 heteroatoms. The lowest BCUT2D eigenvalue weighted by Gasteiger charge is -2.16. The Morgan fingerprint density at radius 3 is 2.10 bits per heavy atom. The van der Waals surface area contributed by atoms with E-state index in [0.29, 0.717) is 11.9 Å². The van der Waals surface area contributed by atoms with E-state index in [1.165, 1.54) is 7.05 Å². The Bertz CT molecular complexity index is 136. The molecular weight excluding hydrogens is 220 g/mol. The molecule has 0 saturated carbocycles. The summed E-state index contributed by atoms with van der Waals surface area (Å²) in [5, 5.41) is 8.27. The molecule has 0 aliphatic heterocycles. The van der Waals surface area contributed by atoms with Gasteiger partial charge in [-0.15, -0.1) is 0 Å². The summed E-state index contributed by atoms with van der Waals surface area (Å²) in [7, 11) is 1.29. The summed E-state index contributed by atoms with van der Waals surface area (Å²) >= 11 is 16.4. The highest BCUT2D eigenvalue weighted by atomic mass is 35.6. The molecule has 0 radical (unpaired) electrons. The fourth-order valence-electron chi connectivity index (χ4n) is 0.194. The van der Waals surface area contributed by atoms with Crippen LogP contribution in [0.3, 0.4) is 0 Å². The van der Waals surface area contributed by atoms with Gasteiger partial charge in [0, 0.05) is 19.0 Å². The quantitative estimate of drug-likeness (QED) is 0.550. The van der Waals surface area contributed by atoms with E-state index in [-0.39, 0.29) is 0 Å². The minimum absolute atomic E-state index is 0.595. The second kappa shape index (κ2) is 3.76. The fraction of sp³-hybridized carbons (Fsp3) is 0.667. The molecule has 0 atom stereocenters. The number of hydrogen-bond acceptors (Lipinski definition) is 2. The second-order valence-corrected chi connectivity index (χ2v) is 5.61. The number of nitrogens with zero attached hydrogens (tertiary/aromatic N) is 1. The maximum atomic E-state index is 10.1. The average molecular weight is 224 g/mol. The van der Waals surface area contributed by atoms with E-state index in [1.807, 2.05) is 0 Å². The van der Waals surface area contributed by atoms with Gasteiger partial charge >= 0.3 is 6.09 Å². The molecule has 1 amide bonds. The van der Waals surface area contributed by atoms with Crippen LogP contribution in [0.4, 0.5) is 4.79 Å². The van der Waals surface area contributed by atoms with Crippen LogP contribution in [0, 0.1) is 0 Å². The number of halogens is 3. The Morgan fingerprint density at radius 1 is 1.60 bits per heavy atom. The van der Waals surface area contributed by atoms with Crippen molar-refractivity contribution >= 4 is 52.8 Å². The Labute approximate surface area is 77.4 Å². The number of carbonyl (C=O) groups is 1. The first kappa shape index (κ1) is 10.5. The van der Waals surface area contributed by atoms with Crippen molar-refractivity contribution in [2.75, 3.05) is 7.05 Å². The van der Waals surface area contributed by atoms with Gasteiger partial charge in [-0.25, -0.2) is 4.79 Å². The average Bonchev–Trinajstić information content (AvgIpc) is 1.60. The zero-order valence-electron chi connectivity index (χ0n) is 4.84. The summed E-state index contributed by atoms with van der Waals surface area (Å²) in [6.07, 6.45) is -1.16. The molecule has 0 unspecified atom stereocenters. The smallest absolute Gasteiger partial charge is 0.417 e. The summed E-state index contributed by atoms with van der Waals surface area (Å²) in [4.78, 5) is 10.1. The van der Waals surface area contributed by atoms with E-state index < -0.39 is 9.22 Å². The van der Waals surface area contributed by atoms with E-state index in [9.17, 15) is 4.79 Å². The van der Waals surface area contributed by atoms with Gasteiger partial charge in [-0.3, -0.25) is 4.31 Å². The van der Waals surface area contributed by atoms with Crippen LogP contribution in [0.1, 0.15) is 0 Å². The molecule has 0 aliphatic rings. The molecule has 0 rings (SSSR count). The van der Waals surface area contributed by atoms with Gasteiger partial charge in [0.1, 0.15) is 0 Å². The standard InChI is InChI=1S/C3H4Cl3NO2S/c1-7(2(8)9)10-3(4,5)6/h1H3,(H,8,9). The van der Waals surface area contributed by atoms with Crippen molar-refractivity contribution in [1.82, 2.24) is 4.31 Å². The predicted molar refractivity (Wildman–Crippen MR) is 43.7 cm³/mol. The lowest BCUT2D eigenvalue weighted by atomic mass is 11.1. The number of amides is 1. The van der Waals surface area contributed by atoms with Crippen LogP contribution in [-0.2, 0) is 0 Å². The van der Waals surface area contributed by atoms with Crippen molar-refractivity contribution in [3.8, 4) is 0 Å². The number of hydrogen-bond donors (Lipinski definition) is 1. The molecule has 0 fully saturated rings. The molecule has 10 heavy (non-hydrogen) atoms. The summed E-state index contributed by atoms with van der Waals surface area (Å²) in [5.74, 6) is 0. The van der Waals surface area contributed by atoms with Gasteiger partial charge in [-0.1, -0.05) is 34.8 Å². The maximum Gasteiger partial charge on any atom is 0.417 e. The first-order chi connectivity index (χ1) is 4.33. The first-order valence-electron chi connectivity index (χ1n) is 2.05. The number of rotatable bonds is 1. The van der Waals surface area contributed by atoms with Crippen molar-refractivity contribution in [2.24, 2.45) is 0 Å². The molecule has 0 aromatic heterocycles. The summed E-state index contributed by atoms with van der Waals surface area (Å²) in [5.41, 5.74) is 0. The third-order valence-electron chi connectivity index (χ3n) is 0.510. The minimum Gasteiger partial charge on any atom is -0.464 e. The maximum absolute atomic E-state index is 10.1. The second-order valence-electron chi connectivity index (χ2n) is 1.32. The molecule has 0 aromatic carbocycles. The van der Waals surface area contributed by atoms with Crippen LogP contribution >= 0.6 is 46.8 Å². The van der Waals surface area contributed by atoms with E-state index >= 15 is 0 Å². The molecule has 60 valence electrons. The van der Waals surface area contributed by atoms with E-state index in [4.69, 9.17) is 39.9 Å². The Morgan fingerprint density at radius 2 is 2.00 bits per heavy atom. The molecule has 0 saturated heterocycles. The Hall–Kier alpha value is 0.490. The highest BCUT2D eigenvalue weighted by Gasteiger charge is 2.25. The van der Waals surface area contributed by atoms with E-state index in [2.05, 4.69) is 0 Å². The number of alkyl halides is 3. The highest BCUT2D eigenvalue weighted by Crippen LogP contribution is 2.40. The fourth-order valence-corrected chi connectivity index (χ4v) is 1.51. The van der Waals surface area contributed by atoms with Crippen LogP contribution in [0.2, 0.25) is 0 Å². The van der Waals surface area contributed by atoms with Crippen LogP contribution in [0.25, 0.3) is 0 Å². The molecule has 0 heterocycles. The Balaban J connectivity index is 3.80. The van der Waals surface area contributed by atoms with Crippen molar-refractivity contribution in [3.63, 3.8) is 0 Å². The Kier molecular flexibility index (Phi) is 3.94. The van der Waals surface area contributed by atoms with Gasteiger partial charge in [0.15, 0.2) is 0 Å². The summed E-state index contributed by atoms with van der Waals surface area (Å²) in [6, 6.07) is 0. The predicted octanol–water partition coefficient (Wildman–Crippen LogP) is 2.57. The van der Waals surface area contributed by atoms with Crippen LogP contribution in [0.15, 0.2) is 0 Å². The molecule has 0 bridgehead atoms. The zero-order chi connectivity index (χ0) is 8.36. The highest BCUT2D eigenvalue weighted by molar-refractivity contribution is 8.03. The largest absolute Gasteiger partial charge is 0.464 e. The van der Waals surface area contributed by atoms with Gasteiger partial charge in [0.2, 0.25) is 0 Å². The lowest BCUT2D eigenvalue weighted by molar-refractivity contribution is 0.181. The van der Waals surface area contributed by atoms with Gasteiger partial charge < -0.3 is 5.11 Å². The van der Waals surface area contributed by atoms with Crippen molar-refractivity contribution in [3.05, 3.63) is 0 Å². The molecule has 0 aromatic rings. The van der Waals surface area contributed by atoms with Crippen LogP contribution < -0.4 is 0 Å². The third kappa shape index (κ3) is 5.29. The molecule has 0 spiro atoms. The van der Waals surface area contributed by atoms with E-state index in [0.717, 1.165) is 4.31 Å². The van der Waals surface area contributed by atoms with Crippen molar-refractivity contribution < 1.29 is 9.90 Å². The van der Waals surface area contributed by atoms with Gasteiger partial charge in [-0.05, 0) is 0 Å². The van der Waals surface area contributed by atoms with Crippen molar-refractivity contribution in [1.29, 1.82) is 0 Å². The van der Waals surface area contributed by atoms with E-state index in [1.54, 1.807) is 0 Å². The normalized spacial score (nSPS) is 11.2. The number of carboxylic acid groups (broad SMARTS) is 1. The minimum atomic E-state index is -1.62. The molecule has 0 aliphatic carbocycles.